The molecule has 0 radical (unpaired) electrons. The quantitative estimate of drug-likeness (QED) is 0.640. The summed E-state index contributed by atoms with van der Waals surface area (Å²) in [7, 11) is 0. The topological polar surface area (TPSA) is 87.1 Å². The number of aromatic nitrogens is 2. The molecule has 0 spiro atoms. The summed E-state index contributed by atoms with van der Waals surface area (Å²) >= 11 is 0. The van der Waals surface area contributed by atoms with Crippen LogP contribution in [0.1, 0.15) is 0 Å². The van der Waals surface area contributed by atoms with Gasteiger partial charge in [0, 0.05) is 29.7 Å². The largest absolute Gasteiger partial charge is 0.395 e. The number of nitrogens with one attached hydrogen (secondary N) is 2. The smallest absolute Gasteiger partial charge is 0.319 e. The number of aliphatic hydroxyl groups excluding tert-OH is 1. The number of hydrogen-bond donors (Lipinski definition) is 3. The van der Waals surface area contributed by atoms with Crippen molar-refractivity contribution in [1.29, 1.82) is 0 Å². The lowest BCUT2D eigenvalue weighted by Gasteiger charge is -2.11. The van der Waals surface area contributed by atoms with Gasteiger partial charge in [-0.15, -0.1) is 0 Å². The van der Waals surface area contributed by atoms with Gasteiger partial charge in [-0.3, -0.25) is 9.97 Å². The van der Waals surface area contributed by atoms with E-state index in [-0.39, 0.29) is 19.2 Å². The maximum absolute atomic E-state index is 11.8. The first-order valence-electron chi connectivity index (χ1n) is 6.58. The van der Waals surface area contributed by atoms with E-state index in [2.05, 4.69) is 20.6 Å². The first-order chi connectivity index (χ1) is 10.3. The molecule has 0 saturated heterocycles. The van der Waals surface area contributed by atoms with Crippen LogP contribution in [0.3, 0.4) is 0 Å². The summed E-state index contributed by atoms with van der Waals surface area (Å²) in [6.07, 6.45) is 3.39. The zero-order valence-corrected chi connectivity index (χ0v) is 11.2. The second-order valence-corrected chi connectivity index (χ2v) is 4.50. The maximum Gasteiger partial charge on any atom is 0.319 e. The molecule has 3 N–H and O–H groups in total. The molecule has 2 heterocycles. The number of carbonyl (C=O) groups excluding carboxylic acids is 1. The number of pyridine rings is 2. The van der Waals surface area contributed by atoms with Gasteiger partial charge < -0.3 is 15.7 Å². The Bertz CT molecular complexity index is 804. The third kappa shape index (κ3) is 2.61. The van der Waals surface area contributed by atoms with Crippen LogP contribution >= 0.6 is 0 Å². The molecule has 0 aliphatic carbocycles. The first-order valence-corrected chi connectivity index (χ1v) is 6.58. The van der Waals surface area contributed by atoms with Crippen LogP contribution in [0.25, 0.3) is 21.8 Å². The van der Waals surface area contributed by atoms with Crippen molar-refractivity contribution < 1.29 is 9.90 Å². The van der Waals surface area contributed by atoms with Crippen molar-refractivity contribution in [1.82, 2.24) is 15.3 Å². The number of amides is 2. The van der Waals surface area contributed by atoms with Gasteiger partial charge in [0.25, 0.3) is 0 Å². The molecular formula is C15H14N4O2. The summed E-state index contributed by atoms with van der Waals surface area (Å²) in [6, 6.07) is 9.06. The average molecular weight is 282 g/mol. The van der Waals surface area contributed by atoms with Gasteiger partial charge in [0.2, 0.25) is 0 Å². The van der Waals surface area contributed by atoms with Crippen LogP contribution < -0.4 is 10.6 Å². The molecule has 6 nitrogen and oxygen atoms in total. The van der Waals surface area contributed by atoms with Crippen molar-refractivity contribution >= 4 is 33.5 Å². The number of fused-ring (bicyclic) bond motifs is 3. The number of anilines is 1. The standard InChI is InChI=1S/C15H14N4O2/c20-8-7-18-15(21)19-13-9-12-10(3-1-5-16-12)11-4-2-6-17-14(11)13/h1-6,9,20H,7-8H2,(H2,18,19,21). The Morgan fingerprint density at radius 3 is 2.71 bits per heavy atom. The summed E-state index contributed by atoms with van der Waals surface area (Å²) in [5, 5.41) is 15.9. The summed E-state index contributed by atoms with van der Waals surface area (Å²) in [5.41, 5.74) is 2.08. The summed E-state index contributed by atoms with van der Waals surface area (Å²) in [6.45, 7) is 0.0920. The van der Waals surface area contributed by atoms with Gasteiger partial charge >= 0.3 is 6.03 Å². The third-order valence-corrected chi connectivity index (χ3v) is 3.12. The molecule has 0 fully saturated rings. The number of nitrogens with zero attached hydrogens (tertiary/aromatic N) is 2. The van der Waals surface area contributed by atoms with Gasteiger partial charge in [-0.05, 0) is 18.2 Å². The zero-order valence-electron chi connectivity index (χ0n) is 11.2. The van der Waals surface area contributed by atoms with Crippen molar-refractivity contribution in [3.05, 3.63) is 42.7 Å². The SMILES string of the molecule is O=C(NCCO)Nc1cc2ncccc2c2cccnc12. The molecule has 0 bridgehead atoms. The van der Waals surface area contributed by atoms with E-state index in [0.717, 1.165) is 16.3 Å². The highest BCUT2D eigenvalue weighted by Crippen LogP contribution is 2.29. The minimum Gasteiger partial charge on any atom is -0.395 e. The van der Waals surface area contributed by atoms with E-state index in [4.69, 9.17) is 5.11 Å². The Balaban J connectivity index is 2.10. The first kappa shape index (κ1) is 13.3. The molecule has 0 aliphatic heterocycles. The number of urea groups is 1. The van der Waals surface area contributed by atoms with Gasteiger partial charge in [-0.2, -0.15) is 0 Å². The predicted molar refractivity (Wildman–Crippen MR) is 81.2 cm³/mol. The van der Waals surface area contributed by atoms with E-state index in [1.165, 1.54) is 0 Å². The highest BCUT2D eigenvalue weighted by atomic mass is 16.3. The van der Waals surface area contributed by atoms with Crippen LogP contribution in [0.4, 0.5) is 10.5 Å². The predicted octanol–water partition coefficient (Wildman–Crippen LogP) is 1.90. The Labute approximate surface area is 120 Å². The zero-order chi connectivity index (χ0) is 14.7. The molecule has 2 amide bonds. The number of hydrogen-bond acceptors (Lipinski definition) is 4. The molecule has 106 valence electrons. The summed E-state index contributed by atoms with van der Waals surface area (Å²) in [5.74, 6) is 0. The van der Waals surface area contributed by atoms with Crippen molar-refractivity contribution in [2.24, 2.45) is 0 Å². The lowest BCUT2D eigenvalue weighted by molar-refractivity contribution is 0.245. The minimum atomic E-state index is -0.383. The Morgan fingerprint density at radius 1 is 1.14 bits per heavy atom. The van der Waals surface area contributed by atoms with Crippen LogP contribution in [0, 0.1) is 0 Å². The van der Waals surface area contributed by atoms with Gasteiger partial charge in [0.1, 0.15) is 0 Å². The number of carbonyl (C=O) groups is 1. The van der Waals surface area contributed by atoms with Crippen molar-refractivity contribution in [3.63, 3.8) is 0 Å². The van der Waals surface area contributed by atoms with E-state index >= 15 is 0 Å². The Kier molecular flexibility index (Phi) is 3.61. The fraction of sp³-hybridized carbons (Fsp3) is 0.133. The van der Waals surface area contributed by atoms with Crippen molar-refractivity contribution in [2.75, 3.05) is 18.5 Å². The monoisotopic (exact) mass is 282 g/mol. The normalized spacial score (nSPS) is 10.7. The molecule has 6 heteroatoms. The number of benzene rings is 1. The molecule has 0 aliphatic rings. The molecule has 3 aromatic rings. The van der Waals surface area contributed by atoms with Crippen LogP contribution in [0.5, 0.6) is 0 Å². The summed E-state index contributed by atoms with van der Waals surface area (Å²) < 4.78 is 0. The lowest BCUT2D eigenvalue weighted by Crippen LogP contribution is -2.31. The van der Waals surface area contributed by atoms with Gasteiger partial charge in [-0.25, -0.2) is 4.79 Å². The molecule has 3 rings (SSSR count). The van der Waals surface area contributed by atoms with Gasteiger partial charge in [0.05, 0.1) is 23.3 Å². The molecule has 0 unspecified atom stereocenters. The van der Waals surface area contributed by atoms with Crippen molar-refractivity contribution in [3.8, 4) is 0 Å². The highest BCUT2D eigenvalue weighted by molar-refractivity contribution is 6.12. The van der Waals surface area contributed by atoms with Gasteiger partial charge in [0.15, 0.2) is 0 Å². The van der Waals surface area contributed by atoms with E-state index < -0.39 is 0 Å². The molecule has 2 aromatic heterocycles. The molecule has 0 saturated carbocycles. The minimum absolute atomic E-state index is 0.105. The van der Waals surface area contributed by atoms with Crippen molar-refractivity contribution in [2.45, 2.75) is 0 Å². The molecule has 0 atom stereocenters. The number of rotatable bonds is 3. The summed E-state index contributed by atoms with van der Waals surface area (Å²) in [4.78, 5) is 20.4. The third-order valence-electron chi connectivity index (χ3n) is 3.12. The highest BCUT2D eigenvalue weighted by Gasteiger charge is 2.10. The molecule has 1 aromatic carbocycles. The average Bonchev–Trinajstić information content (AvgIpc) is 2.53. The Morgan fingerprint density at radius 2 is 1.90 bits per heavy atom. The molecule has 21 heavy (non-hydrogen) atoms. The fourth-order valence-corrected chi connectivity index (χ4v) is 2.23. The second kappa shape index (κ2) is 5.72. The van der Waals surface area contributed by atoms with Crippen LogP contribution in [0.2, 0.25) is 0 Å². The number of aliphatic hydroxyl groups is 1. The van der Waals surface area contributed by atoms with Crippen LogP contribution in [-0.4, -0.2) is 34.3 Å². The fourth-order valence-electron chi connectivity index (χ4n) is 2.23. The van der Waals surface area contributed by atoms with E-state index in [1.54, 1.807) is 18.5 Å². The Hall–Kier alpha value is -2.73. The lowest BCUT2D eigenvalue weighted by atomic mass is 10.1. The van der Waals surface area contributed by atoms with E-state index in [9.17, 15) is 4.79 Å². The van der Waals surface area contributed by atoms with Gasteiger partial charge in [-0.1, -0.05) is 12.1 Å². The molecular weight excluding hydrogens is 268 g/mol. The maximum atomic E-state index is 11.8. The second-order valence-electron chi connectivity index (χ2n) is 4.50. The van der Waals surface area contributed by atoms with E-state index in [1.807, 2.05) is 24.3 Å². The van der Waals surface area contributed by atoms with E-state index in [0.29, 0.717) is 11.2 Å². The van der Waals surface area contributed by atoms with Crippen LogP contribution in [0.15, 0.2) is 42.7 Å². The van der Waals surface area contributed by atoms with Crippen LogP contribution in [-0.2, 0) is 0 Å².